The van der Waals surface area contributed by atoms with Gasteiger partial charge in [0.05, 0.1) is 51.2 Å². The molecule has 14 heteroatoms. The molecule has 3 aliphatic heterocycles. The first-order valence-electron chi connectivity index (χ1n) is 28.1. The van der Waals surface area contributed by atoms with Gasteiger partial charge in [-0.1, -0.05) is 69.4 Å². The molecule has 4 aromatic carbocycles. The number of hydrogen-bond donors (Lipinski definition) is 6. The molecular weight excluding hydrogens is 963 g/mol. The summed E-state index contributed by atoms with van der Waals surface area (Å²) in [6.45, 7) is 2.95. The van der Waals surface area contributed by atoms with E-state index in [2.05, 4.69) is 41.0 Å². The number of carbonyl (C=O) groups excluding carboxylic acids is 2. The monoisotopic (exact) mass is 1030 g/mol. The Balaban J connectivity index is 0.881. The zero-order valence-corrected chi connectivity index (χ0v) is 43.9. The van der Waals surface area contributed by atoms with E-state index in [0.29, 0.717) is 59.0 Å². The average molecular weight is 1030 g/mol. The first-order valence-corrected chi connectivity index (χ1v) is 28.1. The zero-order chi connectivity index (χ0) is 52.3. The number of methoxy groups -OCH3 is 2. The molecule has 76 heavy (non-hydrogen) atoms. The normalized spacial score (nSPS) is 28.0. The number of aliphatic hydroxyl groups is 3. The average Bonchev–Trinajstić information content (AvgIpc) is 4.19. The van der Waals surface area contributed by atoms with E-state index in [1.807, 2.05) is 19.1 Å². The molecule has 13 rings (SSSR count). The van der Waals surface area contributed by atoms with E-state index in [-0.39, 0.29) is 78.8 Å². The van der Waals surface area contributed by atoms with Gasteiger partial charge in [0.25, 0.3) is 11.8 Å². The highest BCUT2D eigenvalue weighted by Crippen LogP contribution is 2.72. The van der Waals surface area contributed by atoms with E-state index in [1.54, 1.807) is 24.1 Å². The maximum absolute atomic E-state index is 14.1. The van der Waals surface area contributed by atoms with Gasteiger partial charge in [-0.3, -0.25) is 19.8 Å². The third-order valence-electron chi connectivity index (χ3n) is 20.1. The number of phenolic OH excluding ortho intramolecular Hbond substituents is 1. The Bertz CT molecular complexity index is 3060. The van der Waals surface area contributed by atoms with Crippen LogP contribution in [0.5, 0.6) is 34.5 Å². The first kappa shape index (κ1) is 49.5. The van der Waals surface area contributed by atoms with Crippen LogP contribution in [0, 0.1) is 29.1 Å². The molecule has 0 saturated heterocycles. The molecule has 400 valence electrons. The lowest BCUT2D eigenvalue weighted by Gasteiger charge is -2.69. The number of allylic oxidation sites excluding steroid dienone is 1. The van der Waals surface area contributed by atoms with Crippen molar-refractivity contribution in [2.45, 2.75) is 126 Å². The van der Waals surface area contributed by atoms with Gasteiger partial charge in [0.2, 0.25) is 5.75 Å². The number of carbonyl (C=O) groups is 2. The van der Waals surface area contributed by atoms with Crippen LogP contribution in [-0.2, 0) is 34.3 Å². The minimum absolute atomic E-state index is 0.0405. The van der Waals surface area contributed by atoms with Crippen molar-refractivity contribution in [2.24, 2.45) is 29.1 Å². The summed E-state index contributed by atoms with van der Waals surface area (Å²) in [5, 5.41) is 55.0. The number of aromatic hydroxyl groups is 1. The van der Waals surface area contributed by atoms with Crippen LogP contribution in [0.2, 0.25) is 0 Å². The van der Waals surface area contributed by atoms with Crippen LogP contribution in [0.3, 0.4) is 0 Å². The number of nitrogens with one attached hydrogen (secondary N) is 2. The number of nitrogens with zero attached hydrogens (tertiary/aromatic N) is 1. The Morgan fingerprint density at radius 3 is 2.34 bits per heavy atom. The number of amides is 2. The van der Waals surface area contributed by atoms with Crippen molar-refractivity contribution in [1.29, 1.82) is 0 Å². The zero-order valence-electron chi connectivity index (χ0n) is 43.9. The minimum atomic E-state index is -1.06. The van der Waals surface area contributed by atoms with Crippen LogP contribution in [0.25, 0.3) is 17.2 Å². The van der Waals surface area contributed by atoms with E-state index in [1.165, 1.54) is 30.4 Å². The Hall–Kier alpha value is -6.06. The largest absolute Gasteiger partial charge is 0.502 e. The second-order valence-corrected chi connectivity index (χ2v) is 23.3. The summed E-state index contributed by atoms with van der Waals surface area (Å²) in [6.07, 6.45) is 18.4. The van der Waals surface area contributed by atoms with Crippen LogP contribution in [-0.4, -0.2) is 90.0 Å². The Kier molecular flexibility index (Phi) is 12.3. The van der Waals surface area contributed by atoms with Crippen LogP contribution in [0.1, 0.15) is 140 Å². The third kappa shape index (κ3) is 7.11. The quantitative estimate of drug-likeness (QED) is 0.0399. The molecule has 8 unspecified atom stereocenters. The Morgan fingerprint density at radius 2 is 1.59 bits per heavy atom. The lowest BCUT2D eigenvalue weighted by Crippen LogP contribution is -2.70. The van der Waals surface area contributed by atoms with Gasteiger partial charge >= 0.3 is 0 Å². The molecule has 3 heterocycles. The number of ether oxygens (including phenoxy) is 5. The van der Waals surface area contributed by atoms with E-state index in [0.717, 1.165) is 105 Å². The predicted molar refractivity (Wildman–Crippen MR) is 286 cm³/mol. The number of fused-ring (bicyclic) bond motifs is 2. The molecule has 6 aliphatic carbocycles. The summed E-state index contributed by atoms with van der Waals surface area (Å²) in [6, 6.07) is 13.8. The summed E-state index contributed by atoms with van der Waals surface area (Å²) in [5.74, 6) is 0.447. The maximum Gasteiger partial charge on any atom is 0.254 e. The predicted octanol–water partition coefficient (Wildman–Crippen LogP) is 9.09. The lowest BCUT2D eigenvalue weighted by atomic mass is 9.36. The fourth-order valence-corrected chi connectivity index (χ4v) is 17.4. The molecule has 2 amide bonds. The number of anilines is 1. The van der Waals surface area contributed by atoms with Gasteiger partial charge in [-0.15, -0.1) is 0 Å². The fraction of sp³-hybridized carbons (Fsp3) is 0.516. The smallest absolute Gasteiger partial charge is 0.254 e. The second kappa shape index (κ2) is 18.8. The first-order chi connectivity index (χ1) is 37.0. The summed E-state index contributed by atoms with van der Waals surface area (Å²) >= 11 is 0. The van der Waals surface area contributed by atoms with Crippen molar-refractivity contribution in [3.05, 3.63) is 105 Å². The van der Waals surface area contributed by atoms with E-state index < -0.39 is 35.1 Å². The number of aliphatic hydroxyl groups excluding tert-OH is 3. The number of benzene rings is 4. The van der Waals surface area contributed by atoms with Crippen LogP contribution in [0.15, 0.2) is 60.7 Å². The highest BCUT2D eigenvalue weighted by Gasteiger charge is 2.70. The lowest BCUT2D eigenvalue weighted by molar-refractivity contribution is -0.173. The molecule has 14 nitrogen and oxygen atoms in total. The summed E-state index contributed by atoms with van der Waals surface area (Å²) in [5.41, 5.74) is 8.52. The topological polar surface area (TPSA) is 189 Å². The number of aryl methyl sites for hydroxylation is 1. The van der Waals surface area contributed by atoms with Crippen molar-refractivity contribution < 1.29 is 53.7 Å². The molecule has 6 N–H and O–H groups in total. The number of rotatable bonds is 14. The molecule has 0 radical (unpaired) electrons. The second-order valence-electron chi connectivity index (χ2n) is 23.3. The molecule has 9 aliphatic rings. The van der Waals surface area contributed by atoms with Crippen molar-refractivity contribution in [3.63, 3.8) is 0 Å². The van der Waals surface area contributed by atoms with Crippen LogP contribution < -0.4 is 34.3 Å². The molecule has 3 saturated carbocycles. The fourth-order valence-electron chi connectivity index (χ4n) is 17.4. The van der Waals surface area contributed by atoms with E-state index >= 15 is 0 Å². The molecule has 3 fully saturated rings. The van der Waals surface area contributed by atoms with Gasteiger partial charge in [-0.2, -0.15) is 0 Å². The molecule has 8 atom stereocenters. The third-order valence-corrected chi connectivity index (χ3v) is 20.1. The van der Waals surface area contributed by atoms with Crippen molar-refractivity contribution in [3.8, 4) is 45.6 Å². The van der Waals surface area contributed by atoms with E-state index in [9.17, 15) is 30.0 Å². The van der Waals surface area contributed by atoms with Gasteiger partial charge in [0.15, 0.2) is 17.7 Å². The SMILES string of the molecule is CCNCOc1cc(OC)c2c3c1C(O)Nc1cc4c(c(c1-3)CC2)C(O)C(c1cc(OC)c(O)c(OCC(CO)C23c5c6cccc5CCC2CC2(CCCC2)C(C2(N5C(=O)C=CC5=O)CCCCC2)C3C=C6)c1)CO4. The van der Waals surface area contributed by atoms with Crippen LogP contribution in [0.4, 0.5) is 5.69 Å². The molecule has 4 aromatic rings. The number of phenols is 1. The van der Waals surface area contributed by atoms with Gasteiger partial charge in [0.1, 0.15) is 24.0 Å². The highest BCUT2D eigenvalue weighted by atomic mass is 16.5. The van der Waals surface area contributed by atoms with Crippen molar-refractivity contribution in [2.75, 3.05) is 52.6 Å². The van der Waals surface area contributed by atoms with E-state index in [4.69, 9.17) is 23.7 Å². The van der Waals surface area contributed by atoms with Crippen molar-refractivity contribution >= 4 is 23.6 Å². The molecule has 0 aromatic heterocycles. The van der Waals surface area contributed by atoms with Crippen molar-refractivity contribution in [1.82, 2.24) is 10.2 Å². The maximum atomic E-state index is 14.1. The minimum Gasteiger partial charge on any atom is -0.502 e. The standard InChI is InChI=1S/C62H71N3O11/c1-4-63-33-76-46-28-44(72-2)39-16-17-40-51-43(64-59(71)54(46)53(39)51)27-45-52(40)56(69)41(32-75-45)36-25-47(73-3)57(70)48(26-36)74-31-38(30-66)62-37-15-13-34-11-10-12-35(55(34)62)14-18-42(62)58(60(29-37)21-8-9-22-60)61(23-6-5-7-24-61)65-49(67)19-20-50(65)68/h10-12,14,18-20,25-28,37-38,41-42,56,58-59,63-64,66,69-71H,4-9,13,15-17,21-24,29-33H2,1-3H3. The van der Waals surface area contributed by atoms with Crippen LogP contribution >= 0.6 is 0 Å². The summed E-state index contributed by atoms with van der Waals surface area (Å²) < 4.78 is 31.6. The number of imide groups is 1. The van der Waals surface area contributed by atoms with Gasteiger partial charge in [-0.25, -0.2) is 0 Å². The Morgan fingerprint density at radius 1 is 0.842 bits per heavy atom. The molecular formula is C62H71N3O11. The summed E-state index contributed by atoms with van der Waals surface area (Å²) in [4.78, 5) is 30.0. The van der Waals surface area contributed by atoms with Gasteiger partial charge < -0.3 is 49.4 Å². The molecule has 1 spiro atoms. The number of hydrogen-bond acceptors (Lipinski definition) is 13. The highest BCUT2D eigenvalue weighted by molar-refractivity contribution is 6.13. The Labute approximate surface area is 444 Å². The summed E-state index contributed by atoms with van der Waals surface area (Å²) in [7, 11) is 3.14. The molecule has 0 bridgehead atoms. The van der Waals surface area contributed by atoms with Gasteiger partial charge in [-0.05, 0) is 127 Å². The van der Waals surface area contributed by atoms with Gasteiger partial charge in [0, 0.05) is 69.5 Å².